The van der Waals surface area contributed by atoms with Crippen LogP contribution in [0.25, 0.3) is 0 Å². The van der Waals surface area contributed by atoms with E-state index in [1.165, 1.54) is 6.42 Å². The minimum absolute atomic E-state index is 0.0374. The number of likely N-dealkylation sites (tertiary alicyclic amines) is 1. The zero-order valence-corrected chi connectivity index (χ0v) is 15.5. The van der Waals surface area contributed by atoms with Gasteiger partial charge in [0.15, 0.2) is 0 Å². The van der Waals surface area contributed by atoms with E-state index < -0.39 is 0 Å². The lowest BCUT2D eigenvalue weighted by Gasteiger charge is -2.33. The van der Waals surface area contributed by atoms with Crippen LogP contribution in [-0.2, 0) is 16.1 Å². The molecule has 1 atom stereocenters. The van der Waals surface area contributed by atoms with E-state index in [2.05, 4.69) is 11.6 Å². The Kier molecular flexibility index (Phi) is 6.42. The highest BCUT2D eigenvalue weighted by molar-refractivity contribution is 5.89. The molecule has 1 aliphatic carbocycles. The Hall–Kier alpha value is -2.17. The molecule has 26 heavy (non-hydrogen) atoms. The second-order valence-corrected chi connectivity index (χ2v) is 7.39. The van der Waals surface area contributed by atoms with Crippen LogP contribution in [-0.4, -0.2) is 45.7 Å². The van der Waals surface area contributed by atoms with Crippen LogP contribution in [0.4, 0.5) is 0 Å². The van der Waals surface area contributed by atoms with Gasteiger partial charge in [-0.05, 0) is 37.3 Å². The van der Waals surface area contributed by atoms with Gasteiger partial charge in [-0.1, -0.05) is 31.4 Å². The van der Waals surface area contributed by atoms with E-state index in [-0.39, 0.29) is 23.8 Å². The quantitative estimate of drug-likeness (QED) is 0.737. The number of amides is 2. The molecule has 5 nitrogen and oxygen atoms in total. The van der Waals surface area contributed by atoms with Crippen molar-refractivity contribution in [2.24, 2.45) is 5.92 Å². The van der Waals surface area contributed by atoms with E-state index >= 15 is 0 Å². The normalized spacial score (nSPS) is 20.8. The minimum atomic E-state index is -0.318. The molecular weight excluding hydrogens is 326 g/mol. The van der Waals surface area contributed by atoms with Crippen LogP contribution in [0.3, 0.4) is 0 Å². The fourth-order valence-electron chi connectivity index (χ4n) is 4.18. The zero-order valence-electron chi connectivity index (χ0n) is 15.5. The molecular formula is C21H29N3O2. The first kappa shape index (κ1) is 18.6. The highest BCUT2D eigenvalue weighted by Crippen LogP contribution is 2.29. The van der Waals surface area contributed by atoms with Gasteiger partial charge < -0.3 is 9.80 Å². The van der Waals surface area contributed by atoms with E-state index in [1.54, 1.807) is 23.4 Å². The molecule has 2 fully saturated rings. The molecule has 0 bridgehead atoms. The fraction of sp³-hybridized carbons (Fsp3) is 0.571. The standard InChI is InChI=1S/C21H29N3O2/c1-2-13-23(16-17-8-6-12-22-15-17)21(26)19-11-7-14-24(19)20(25)18-9-4-3-5-10-18/h2,6,8,12,15,18-19H,1,3-5,7,9-11,13-14,16H2/t19-/m0/s1. The van der Waals surface area contributed by atoms with Crippen molar-refractivity contribution < 1.29 is 9.59 Å². The van der Waals surface area contributed by atoms with Gasteiger partial charge in [0.05, 0.1) is 0 Å². The van der Waals surface area contributed by atoms with Gasteiger partial charge in [-0.25, -0.2) is 0 Å². The molecule has 1 aromatic heterocycles. The highest BCUT2D eigenvalue weighted by Gasteiger charge is 2.38. The lowest BCUT2D eigenvalue weighted by molar-refractivity contribution is -0.146. The van der Waals surface area contributed by atoms with Gasteiger partial charge in [-0.15, -0.1) is 6.58 Å². The van der Waals surface area contributed by atoms with Crippen LogP contribution >= 0.6 is 0 Å². The van der Waals surface area contributed by atoms with Crippen molar-refractivity contribution >= 4 is 11.8 Å². The van der Waals surface area contributed by atoms with E-state index in [0.717, 1.165) is 44.1 Å². The Balaban J connectivity index is 1.70. The molecule has 0 unspecified atom stereocenters. The summed E-state index contributed by atoms with van der Waals surface area (Å²) in [7, 11) is 0. The minimum Gasteiger partial charge on any atom is -0.333 e. The molecule has 1 aliphatic heterocycles. The van der Waals surface area contributed by atoms with E-state index in [4.69, 9.17) is 0 Å². The van der Waals surface area contributed by atoms with Gasteiger partial charge in [0.25, 0.3) is 0 Å². The van der Waals surface area contributed by atoms with Crippen LogP contribution in [0, 0.1) is 5.92 Å². The summed E-state index contributed by atoms with van der Waals surface area (Å²) in [6.07, 6.45) is 12.4. The number of carbonyl (C=O) groups is 2. The molecule has 2 heterocycles. The largest absolute Gasteiger partial charge is 0.333 e. The summed E-state index contributed by atoms with van der Waals surface area (Å²) in [4.78, 5) is 34.0. The second kappa shape index (κ2) is 8.97. The summed E-state index contributed by atoms with van der Waals surface area (Å²) in [6, 6.07) is 3.53. The predicted molar refractivity (Wildman–Crippen MR) is 101 cm³/mol. The van der Waals surface area contributed by atoms with E-state index in [0.29, 0.717) is 19.6 Å². The molecule has 0 aromatic carbocycles. The monoisotopic (exact) mass is 355 g/mol. The molecule has 1 saturated heterocycles. The lowest BCUT2D eigenvalue weighted by atomic mass is 9.88. The van der Waals surface area contributed by atoms with Crippen LogP contribution in [0.1, 0.15) is 50.5 Å². The highest BCUT2D eigenvalue weighted by atomic mass is 16.2. The van der Waals surface area contributed by atoms with Crippen LogP contribution in [0.2, 0.25) is 0 Å². The van der Waals surface area contributed by atoms with Crippen molar-refractivity contribution in [2.75, 3.05) is 13.1 Å². The van der Waals surface area contributed by atoms with Crippen molar-refractivity contribution in [3.05, 3.63) is 42.7 Å². The summed E-state index contributed by atoms with van der Waals surface area (Å²) in [5.41, 5.74) is 0.992. The SMILES string of the molecule is C=CCN(Cc1cccnc1)C(=O)[C@@H]1CCCN1C(=O)C1CCCCC1. The van der Waals surface area contributed by atoms with Crippen molar-refractivity contribution in [3.63, 3.8) is 0 Å². The first-order valence-corrected chi connectivity index (χ1v) is 9.79. The summed E-state index contributed by atoms with van der Waals surface area (Å²) in [5.74, 6) is 0.347. The Morgan fingerprint density at radius 3 is 2.73 bits per heavy atom. The van der Waals surface area contributed by atoms with E-state index in [1.807, 2.05) is 17.0 Å². The van der Waals surface area contributed by atoms with Crippen molar-refractivity contribution in [1.29, 1.82) is 0 Å². The third-order valence-electron chi connectivity index (χ3n) is 5.53. The second-order valence-electron chi connectivity index (χ2n) is 7.39. The van der Waals surface area contributed by atoms with Gasteiger partial charge in [0.2, 0.25) is 11.8 Å². The summed E-state index contributed by atoms with van der Waals surface area (Å²) >= 11 is 0. The van der Waals surface area contributed by atoms with Crippen molar-refractivity contribution in [3.8, 4) is 0 Å². The molecule has 3 rings (SSSR count). The smallest absolute Gasteiger partial charge is 0.245 e. The molecule has 0 radical (unpaired) electrons. The average molecular weight is 355 g/mol. The van der Waals surface area contributed by atoms with Crippen molar-refractivity contribution in [2.45, 2.75) is 57.5 Å². The third kappa shape index (κ3) is 4.32. The Morgan fingerprint density at radius 1 is 1.23 bits per heavy atom. The number of pyridine rings is 1. The average Bonchev–Trinajstić information content (AvgIpc) is 3.18. The molecule has 1 saturated carbocycles. The molecule has 2 amide bonds. The van der Waals surface area contributed by atoms with E-state index in [9.17, 15) is 9.59 Å². The van der Waals surface area contributed by atoms with Gasteiger partial charge in [-0.3, -0.25) is 14.6 Å². The zero-order chi connectivity index (χ0) is 18.4. The molecule has 5 heteroatoms. The van der Waals surface area contributed by atoms with Gasteiger partial charge >= 0.3 is 0 Å². The molecule has 2 aliphatic rings. The summed E-state index contributed by atoms with van der Waals surface area (Å²) < 4.78 is 0. The van der Waals surface area contributed by atoms with Gasteiger partial charge in [-0.2, -0.15) is 0 Å². The number of carbonyl (C=O) groups excluding carboxylic acids is 2. The first-order valence-electron chi connectivity index (χ1n) is 9.79. The topological polar surface area (TPSA) is 53.5 Å². The molecule has 0 N–H and O–H groups in total. The molecule has 0 spiro atoms. The van der Waals surface area contributed by atoms with Gasteiger partial charge in [0, 0.05) is 37.9 Å². The predicted octanol–water partition coefficient (Wildman–Crippen LogP) is 3.17. The summed E-state index contributed by atoms with van der Waals surface area (Å²) in [5, 5.41) is 0. The maximum atomic E-state index is 13.2. The number of nitrogens with zero attached hydrogens (tertiary/aromatic N) is 3. The number of rotatable bonds is 6. The Morgan fingerprint density at radius 2 is 2.04 bits per heavy atom. The molecule has 140 valence electrons. The Labute approximate surface area is 156 Å². The number of hydrogen-bond acceptors (Lipinski definition) is 3. The maximum Gasteiger partial charge on any atom is 0.245 e. The maximum absolute atomic E-state index is 13.2. The van der Waals surface area contributed by atoms with Crippen molar-refractivity contribution in [1.82, 2.24) is 14.8 Å². The fourth-order valence-corrected chi connectivity index (χ4v) is 4.18. The number of hydrogen-bond donors (Lipinski definition) is 0. The van der Waals surface area contributed by atoms with Gasteiger partial charge in [0.1, 0.15) is 6.04 Å². The van der Waals surface area contributed by atoms with Crippen LogP contribution < -0.4 is 0 Å². The first-order chi connectivity index (χ1) is 12.7. The lowest BCUT2D eigenvalue weighted by Crippen LogP contribution is -2.49. The van der Waals surface area contributed by atoms with Crippen LogP contribution in [0.15, 0.2) is 37.2 Å². The molecule has 1 aromatic rings. The third-order valence-corrected chi connectivity index (χ3v) is 5.53. The van der Waals surface area contributed by atoms with Crippen LogP contribution in [0.5, 0.6) is 0 Å². The Bertz CT molecular complexity index is 625. The summed E-state index contributed by atoms with van der Waals surface area (Å²) in [6.45, 7) is 5.48. The number of aromatic nitrogens is 1.